The van der Waals surface area contributed by atoms with E-state index in [9.17, 15) is 28.2 Å². The summed E-state index contributed by atoms with van der Waals surface area (Å²) < 4.78 is 38.4. The number of alkyl halides is 3. The molecule has 0 bridgehead atoms. The number of aliphatic hydroxyl groups is 2. The summed E-state index contributed by atoms with van der Waals surface area (Å²) in [5, 5.41) is 21.8. The van der Waals surface area contributed by atoms with Crippen LogP contribution in [-0.2, 0) is 4.79 Å². The van der Waals surface area contributed by atoms with Crippen molar-refractivity contribution in [3.63, 3.8) is 0 Å². The Hall–Kier alpha value is -0.860. The number of carbonyl (C=O) groups is 1. The second-order valence-electron chi connectivity index (χ2n) is 5.20. The normalized spacial score (nSPS) is 41.8. The van der Waals surface area contributed by atoms with E-state index in [-0.39, 0.29) is 13.1 Å². The average Bonchev–Trinajstić information content (AvgIpc) is 2.18. The second-order valence-corrected chi connectivity index (χ2v) is 5.20. The molecule has 2 rings (SSSR count). The Labute approximate surface area is 102 Å². The van der Waals surface area contributed by atoms with Crippen molar-refractivity contribution in [1.82, 2.24) is 10.2 Å². The van der Waals surface area contributed by atoms with E-state index in [1.54, 1.807) is 0 Å². The van der Waals surface area contributed by atoms with Gasteiger partial charge >= 0.3 is 6.18 Å². The molecule has 0 unspecified atom stereocenters. The summed E-state index contributed by atoms with van der Waals surface area (Å²) in [5.74, 6) is -0.810. The summed E-state index contributed by atoms with van der Waals surface area (Å²) in [5.41, 5.74) is -4.29. The van der Waals surface area contributed by atoms with Gasteiger partial charge in [-0.25, -0.2) is 0 Å². The van der Waals surface area contributed by atoms with Crippen molar-refractivity contribution >= 4 is 5.91 Å². The lowest BCUT2D eigenvalue weighted by molar-refractivity contribution is -0.284. The summed E-state index contributed by atoms with van der Waals surface area (Å²) in [6.45, 7) is 1.50. The number of nitrogens with zero attached hydrogens (tertiary/aromatic N) is 1. The molecule has 18 heavy (non-hydrogen) atoms. The van der Waals surface area contributed by atoms with Crippen LogP contribution in [-0.4, -0.2) is 57.7 Å². The summed E-state index contributed by atoms with van der Waals surface area (Å²) in [6, 6.07) is 0. The average molecular weight is 268 g/mol. The number of fused-ring (bicyclic) bond motifs is 1. The standard InChI is InChI=1S/C10H15F3N2O3/c1-8-5-9(18,10(11,12)13)2-7(17)15(8)4-6(16)3-14-8/h6,14,16,18H,2-5H2,1H3/t6-,8-,9+/m1/s1. The van der Waals surface area contributed by atoms with Gasteiger partial charge in [-0.2, -0.15) is 13.2 Å². The lowest BCUT2D eigenvalue weighted by atomic mass is 9.80. The van der Waals surface area contributed by atoms with E-state index in [0.29, 0.717) is 0 Å². The maximum atomic E-state index is 12.8. The van der Waals surface area contributed by atoms with Gasteiger partial charge in [-0.3, -0.25) is 10.1 Å². The molecule has 104 valence electrons. The first-order chi connectivity index (χ1) is 8.07. The van der Waals surface area contributed by atoms with Gasteiger partial charge in [0.05, 0.1) is 18.2 Å². The number of halogens is 3. The third kappa shape index (κ3) is 1.98. The number of β-amino-alcohol motifs (C(OH)–C–C–N with tert-alkyl or cyclic N) is 1. The molecule has 8 heteroatoms. The minimum atomic E-state index is -4.85. The van der Waals surface area contributed by atoms with Crippen molar-refractivity contribution in [1.29, 1.82) is 0 Å². The molecule has 2 aliphatic heterocycles. The highest BCUT2D eigenvalue weighted by Gasteiger charge is 2.63. The summed E-state index contributed by atoms with van der Waals surface area (Å²) >= 11 is 0. The quantitative estimate of drug-likeness (QED) is 0.558. The molecule has 0 aromatic carbocycles. The smallest absolute Gasteiger partial charge is 0.390 e. The monoisotopic (exact) mass is 268 g/mol. The molecule has 2 fully saturated rings. The van der Waals surface area contributed by atoms with Crippen LogP contribution in [0.3, 0.4) is 0 Å². The van der Waals surface area contributed by atoms with Gasteiger partial charge in [0.2, 0.25) is 5.91 Å². The maximum Gasteiger partial charge on any atom is 0.417 e. The van der Waals surface area contributed by atoms with Gasteiger partial charge in [-0.05, 0) is 6.92 Å². The first-order valence-corrected chi connectivity index (χ1v) is 5.60. The zero-order valence-corrected chi connectivity index (χ0v) is 9.79. The van der Waals surface area contributed by atoms with E-state index >= 15 is 0 Å². The Morgan fingerprint density at radius 1 is 1.50 bits per heavy atom. The molecular weight excluding hydrogens is 253 g/mol. The number of hydrogen-bond donors (Lipinski definition) is 3. The fourth-order valence-corrected chi connectivity index (χ4v) is 2.62. The van der Waals surface area contributed by atoms with E-state index in [0.717, 1.165) is 0 Å². The van der Waals surface area contributed by atoms with Crippen molar-refractivity contribution in [3.8, 4) is 0 Å². The van der Waals surface area contributed by atoms with Crippen LogP contribution in [0.15, 0.2) is 0 Å². The van der Waals surface area contributed by atoms with Crippen LogP contribution in [0.5, 0.6) is 0 Å². The minimum Gasteiger partial charge on any atom is -0.390 e. The van der Waals surface area contributed by atoms with Gasteiger partial charge in [0.15, 0.2) is 5.60 Å². The Kier molecular flexibility index (Phi) is 2.88. The van der Waals surface area contributed by atoms with Crippen LogP contribution in [0.25, 0.3) is 0 Å². The van der Waals surface area contributed by atoms with E-state index in [2.05, 4.69) is 5.32 Å². The third-order valence-electron chi connectivity index (χ3n) is 3.62. The molecular formula is C10H15F3N2O3. The molecule has 3 N–H and O–H groups in total. The van der Waals surface area contributed by atoms with Crippen LogP contribution >= 0.6 is 0 Å². The summed E-state index contributed by atoms with van der Waals surface area (Å²) in [6.07, 6.45) is -7.29. The number of rotatable bonds is 0. The van der Waals surface area contributed by atoms with E-state index in [1.807, 2.05) is 0 Å². The SMILES string of the molecule is C[C@]12C[C@](O)(C(F)(F)F)CC(=O)N1C[C@H](O)CN2. The molecule has 5 nitrogen and oxygen atoms in total. The molecule has 0 radical (unpaired) electrons. The van der Waals surface area contributed by atoms with Gasteiger partial charge in [-0.1, -0.05) is 0 Å². The lowest BCUT2D eigenvalue weighted by Gasteiger charge is -2.54. The fourth-order valence-electron chi connectivity index (χ4n) is 2.62. The molecule has 0 aromatic rings. The highest BCUT2D eigenvalue weighted by Crippen LogP contribution is 2.44. The van der Waals surface area contributed by atoms with Gasteiger partial charge < -0.3 is 15.1 Å². The fraction of sp³-hybridized carbons (Fsp3) is 0.900. The van der Waals surface area contributed by atoms with Crippen molar-refractivity contribution in [2.75, 3.05) is 13.1 Å². The molecule has 0 aliphatic carbocycles. The molecule has 1 amide bonds. The van der Waals surface area contributed by atoms with Crippen molar-refractivity contribution in [2.45, 2.75) is 43.3 Å². The van der Waals surface area contributed by atoms with Crippen LogP contribution in [0.4, 0.5) is 13.2 Å². The molecule has 2 aliphatic rings. The van der Waals surface area contributed by atoms with E-state index in [1.165, 1.54) is 11.8 Å². The molecule has 3 atom stereocenters. The molecule has 0 spiro atoms. The molecule has 2 heterocycles. The Morgan fingerprint density at radius 3 is 2.67 bits per heavy atom. The second kappa shape index (κ2) is 3.82. The maximum absolute atomic E-state index is 12.8. The predicted molar refractivity (Wildman–Crippen MR) is 54.4 cm³/mol. The van der Waals surface area contributed by atoms with Gasteiger partial charge in [0.1, 0.15) is 0 Å². The number of nitrogens with one attached hydrogen (secondary N) is 1. The summed E-state index contributed by atoms with van der Waals surface area (Å²) in [7, 11) is 0. The largest absolute Gasteiger partial charge is 0.417 e. The number of carbonyl (C=O) groups excluding carboxylic acids is 1. The Bertz CT molecular complexity index is 376. The Balaban J connectivity index is 2.30. The van der Waals surface area contributed by atoms with E-state index in [4.69, 9.17) is 0 Å². The van der Waals surface area contributed by atoms with Gasteiger partial charge in [-0.15, -0.1) is 0 Å². The highest BCUT2D eigenvalue weighted by molar-refractivity contribution is 5.79. The third-order valence-corrected chi connectivity index (χ3v) is 3.62. The molecule has 0 aromatic heterocycles. The van der Waals surface area contributed by atoms with Crippen LogP contribution < -0.4 is 5.32 Å². The number of hydrogen-bond acceptors (Lipinski definition) is 4. The topological polar surface area (TPSA) is 72.8 Å². The van der Waals surface area contributed by atoms with E-state index < -0.39 is 42.3 Å². The Morgan fingerprint density at radius 2 is 2.11 bits per heavy atom. The van der Waals surface area contributed by atoms with Gasteiger partial charge in [0, 0.05) is 19.5 Å². The first kappa shape index (κ1) is 13.6. The highest BCUT2D eigenvalue weighted by atomic mass is 19.4. The zero-order chi connectivity index (χ0) is 13.8. The van der Waals surface area contributed by atoms with Gasteiger partial charge in [0.25, 0.3) is 0 Å². The molecule has 2 saturated heterocycles. The van der Waals surface area contributed by atoms with Crippen LogP contribution in [0, 0.1) is 0 Å². The number of piperidine rings is 1. The number of amides is 1. The van der Waals surface area contributed by atoms with Crippen molar-refractivity contribution in [3.05, 3.63) is 0 Å². The summed E-state index contributed by atoms with van der Waals surface area (Å²) in [4.78, 5) is 12.9. The zero-order valence-electron chi connectivity index (χ0n) is 9.79. The van der Waals surface area contributed by atoms with Crippen molar-refractivity contribution in [2.24, 2.45) is 0 Å². The molecule has 0 saturated carbocycles. The number of aliphatic hydroxyl groups excluding tert-OH is 1. The first-order valence-electron chi connectivity index (χ1n) is 5.60. The lowest BCUT2D eigenvalue weighted by Crippen LogP contribution is -2.74. The van der Waals surface area contributed by atoms with Crippen LogP contribution in [0.2, 0.25) is 0 Å². The van der Waals surface area contributed by atoms with Crippen molar-refractivity contribution < 1.29 is 28.2 Å². The predicted octanol–water partition coefficient (Wildman–Crippen LogP) is -0.418. The minimum absolute atomic E-state index is 0.0176. The van der Waals surface area contributed by atoms with Crippen LogP contribution in [0.1, 0.15) is 19.8 Å².